The van der Waals surface area contributed by atoms with Crippen molar-refractivity contribution in [3.63, 3.8) is 0 Å². The van der Waals surface area contributed by atoms with Crippen molar-refractivity contribution in [1.82, 2.24) is 0 Å². The summed E-state index contributed by atoms with van der Waals surface area (Å²) in [4.78, 5) is 2.01. The molecule has 0 aromatic heterocycles. The fourth-order valence-corrected chi connectivity index (χ4v) is 2.33. The molecule has 0 bridgehead atoms. The number of ether oxygens (including phenoxy) is 1. The molecule has 2 rings (SSSR count). The van der Waals surface area contributed by atoms with E-state index in [1.165, 1.54) is 6.07 Å². The molecular weight excluding hydrogens is 221 g/mol. The Balaban J connectivity index is 2.29. The lowest BCUT2D eigenvalue weighted by Gasteiger charge is -2.27. The summed E-state index contributed by atoms with van der Waals surface area (Å²) in [5, 5.41) is 0. The molecule has 1 aliphatic rings. The van der Waals surface area contributed by atoms with Crippen LogP contribution in [0.4, 0.5) is 21.5 Å². The van der Waals surface area contributed by atoms with Gasteiger partial charge in [0.25, 0.3) is 0 Å². The van der Waals surface area contributed by atoms with Gasteiger partial charge >= 0.3 is 0 Å². The lowest BCUT2D eigenvalue weighted by atomic mass is 10.2. The Morgan fingerprint density at radius 3 is 2.82 bits per heavy atom. The average molecular weight is 239 g/mol. The highest BCUT2D eigenvalue weighted by Gasteiger charge is 2.27. The molecule has 1 saturated heterocycles. The molecule has 0 radical (unpaired) electrons. The fraction of sp³-hybridized carbons (Fsp3) is 0.500. The van der Waals surface area contributed by atoms with Gasteiger partial charge in [0.2, 0.25) is 0 Å². The van der Waals surface area contributed by atoms with Gasteiger partial charge in [-0.05, 0) is 18.9 Å². The highest BCUT2D eigenvalue weighted by atomic mass is 19.1. The van der Waals surface area contributed by atoms with Crippen molar-refractivity contribution >= 4 is 17.1 Å². The molecule has 0 amide bonds. The van der Waals surface area contributed by atoms with Gasteiger partial charge in [0.15, 0.2) is 0 Å². The third kappa shape index (κ3) is 2.29. The van der Waals surface area contributed by atoms with Gasteiger partial charge < -0.3 is 21.1 Å². The summed E-state index contributed by atoms with van der Waals surface area (Å²) < 4.78 is 19.0. The van der Waals surface area contributed by atoms with Crippen molar-refractivity contribution in [1.29, 1.82) is 0 Å². The summed E-state index contributed by atoms with van der Waals surface area (Å²) in [5.74, 6) is -0.320. The maximum absolute atomic E-state index is 13.9. The van der Waals surface area contributed by atoms with E-state index in [0.717, 1.165) is 19.4 Å². The Hall–Kier alpha value is -1.49. The van der Waals surface area contributed by atoms with Crippen LogP contribution >= 0.6 is 0 Å². The van der Waals surface area contributed by atoms with Gasteiger partial charge in [0, 0.05) is 19.7 Å². The lowest BCUT2D eigenvalue weighted by Crippen LogP contribution is -2.33. The van der Waals surface area contributed by atoms with Gasteiger partial charge in [-0.1, -0.05) is 0 Å². The molecule has 4 N–H and O–H groups in total. The van der Waals surface area contributed by atoms with Crippen LogP contribution in [0.25, 0.3) is 0 Å². The standard InChI is InChI=1S/C12H18FN3O/c1-17-7-8-3-2-4-16(8)12-6-11(15)10(14)5-9(12)13/h5-6,8H,2-4,7,14-15H2,1H3. The minimum atomic E-state index is -0.320. The van der Waals surface area contributed by atoms with Crippen LogP contribution in [-0.4, -0.2) is 26.3 Å². The number of halogens is 1. The second-order valence-electron chi connectivity index (χ2n) is 4.38. The molecule has 5 heteroatoms. The second kappa shape index (κ2) is 4.79. The van der Waals surface area contributed by atoms with Crippen LogP contribution in [-0.2, 0) is 4.74 Å². The molecule has 1 unspecified atom stereocenters. The van der Waals surface area contributed by atoms with Crippen molar-refractivity contribution < 1.29 is 9.13 Å². The SMILES string of the molecule is COCC1CCCN1c1cc(N)c(N)cc1F. The number of rotatable bonds is 3. The Kier molecular flexibility index (Phi) is 3.38. The number of nitrogens with two attached hydrogens (primary N) is 2. The number of methoxy groups -OCH3 is 1. The van der Waals surface area contributed by atoms with Gasteiger partial charge in [-0.3, -0.25) is 0 Å². The minimum Gasteiger partial charge on any atom is -0.397 e. The van der Waals surface area contributed by atoms with E-state index in [0.29, 0.717) is 18.0 Å². The molecule has 1 aliphatic heterocycles. The quantitative estimate of drug-likeness (QED) is 0.786. The van der Waals surface area contributed by atoms with Crippen molar-refractivity contribution in [3.8, 4) is 0 Å². The minimum absolute atomic E-state index is 0.220. The Bertz CT molecular complexity index is 411. The second-order valence-corrected chi connectivity index (χ2v) is 4.38. The summed E-state index contributed by atoms with van der Waals surface area (Å²) in [5.41, 5.74) is 12.5. The van der Waals surface area contributed by atoms with Crippen molar-refractivity contribution in [2.24, 2.45) is 0 Å². The Labute approximate surface area is 100 Å². The summed E-state index contributed by atoms with van der Waals surface area (Å²) in [7, 11) is 1.66. The van der Waals surface area contributed by atoms with Crippen molar-refractivity contribution in [2.75, 3.05) is 36.6 Å². The van der Waals surface area contributed by atoms with E-state index in [-0.39, 0.29) is 17.5 Å². The maximum atomic E-state index is 13.9. The largest absolute Gasteiger partial charge is 0.397 e. The zero-order chi connectivity index (χ0) is 12.4. The maximum Gasteiger partial charge on any atom is 0.148 e. The van der Waals surface area contributed by atoms with E-state index in [1.54, 1.807) is 13.2 Å². The first-order valence-corrected chi connectivity index (χ1v) is 5.73. The van der Waals surface area contributed by atoms with E-state index in [9.17, 15) is 4.39 Å². The first kappa shape index (κ1) is 12.0. The zero-order valence-corrected chi connectivity index (χ0v) is 9.95. The molecular formula is C12H18FN3O. The Morgan fingerprint density at radius 1 is 1.41 bits per heavy atom. The predicted octanol–water partition coefficient (Wildman–Crippen LogP) is 1.61. The van der Waals surface area contributed by atoms with Crippen LogP contribution in [0.3, 0.4) is 0 Å². The first-order chi connectivity index (χ1) is 8.13. The normalized spacial score (nSPS) is 19.9. The number of nitrogens with zero attached hydrogens (tertiary/aromatic N) is 1. The summed E-state index contributed by atoms with van der Waals surface area (Å²) in [6.07, 6.45) is 2.05. The molecule has 1 atom stereocenters. The van der Waals surface area contributed by atoms with E-state index in [4.69, 9.17) is 16.2 Å². The van der Waals surface area contributed by atoms with Crippen LogP contribution < -0.4 is 16.4 Å². The zero-order valence-electron chi connectivity index (χ0n) is 9.95. The van der Waals surface area contributed by atoms with E-state index < -0.39 is 0 Å². The molecule has 1 fully saturated rings. The molecule has 4 nitrogen and oxygen atoms in total. The van der Waals surface area contributed by atoms with Gasteiger partial charge in [0.1, 0.15) is 5.82 Å². The number of nitrogen functional groups attached to an aromatic ring is 2. The van der Waals surface area contributed by atoms with Crippen LogP contribution in [0.1, 0.15) is 12.8 Å². The predicted molar refractivity (Wildman–Crippen MR) is 67.5 cm³/mol. The molecule has 1 aromatic carbocycles. The Morgan fingerprint density at radius 2 is 2.12 bits per heavy atom. The van der Waals surface area contributed by atoms with Crippen LogP contribution in [0.5, 0.6) is 0 Å². The highest BCUT2D eigenvalue weighted by Crippen LogP contribution is 2.32. The molecule has 1 aromatic rings. The summed E-state index contributed by atoms with van der Waals surface area (Å²) in [6.45, 7) is 1.43. The third-order valence-electron chi connectivity index (χ3n) is 3.20. The van der Waals surface area contributed by atoms with E-state index >= 15 is 0 Å². The van der Waals surface area contributed by atoms with E-state index in [1.807, 2.05) is 4.90 Å². The first-order valence-electron chi connectivity index (χ1n) is 5.73. The third-order valence-corrected chi connectivity index (χ3v) is 3.20. The molecule has 0 aliphatic carbocycles. The fourth-order valence-electron chi connectivity index (χ4n) is 2.33. The van der Waals surface area contributed by atoms with E-state index in [2.05, 4.69) is 0 Å². The van der Waals surface area contributed by atoms with Gasteiger partial charge in [-0.25, -0.2) is 4.39 Å². The van der Waals surface area contributed by atoms with Gasteiger partial charge in [-0.2, -0.15) is 0 Å². The monoisotopic (exact) mass is 239 g/mol. The van der Waals surface area contributed by atoms with Crippen LogP contribution in [0.15, 0.2) is 12.1 Å². The number of hydrogen-bond acceptors (Lipinski definition) is 4. The van der Waals surface area contributed by atoms with Crippen LogP contribution in [0.2, 0.25) is 0 Å². The molecule has 1 heterocycles. The lowest BCUT2D eigenvalue weighted by molar-refractivity contribution is 0.180. The number of benzene rings is 1. The molecule has 0 saturated carbocycles. The summed E-state index contributed by atoms with van der Waals surface area (Å²) in [6, 6.07) is 3.11. The molecule has 0 spiro atoms. The van der Waals surface area contributed by atoms with Gasteiger partial charge in [0.05, 0.1) is 29.7 Å². The van der Waals surface area contributed by atoms with Crippen molar-refractivity contribution in [3.05, 3.63) is 17.9 Å². The van der Waals surface area contributed by atoms with Gasteiger partial charge in [-0.15, -0.1) is 0 Å². The average Bonchev–Trinajstić information content (AvgIpc) is 2.72. The topological polar surface area (TPSA) is 64.5 Å². The molecule has 94 valence electrons. The van der Waals surface area contributed by atoms with Crippen LogP contribution in [0, 0.1) is 5.82 Å². The highest BCUT2D eigenvalue weighted by molar-refractivity contribution is 5.70. The number of anilines is 3. The van der Waals surface area contributed by atoms with Crippen molar-refractivity contribution in [2.45, 2.75) is 18.9 Å². The molecule has 17 heavy (non-hydrogen) atoms. The number of hydrogen-bond donors (Lipinski definition) is 2. The summed E-state index contributed by atoms with van der Waals surface area (Å²) >= 11 is 0. The smallest absolute Gasteiger partial charge is 0.148 e.